The zero-order chi connectivity index (χ0) is 19.4. The SMILES string of the molecule is COCc1nncn1C1CCN(C(=O)c2ccccc2OC(F)(F)F)CC1. The van der Waals surface area contributed by atoms with Crippen molar-refractivity contribution in [3.05, 3.63) is 42.0 Å². The Hall–Kier alpha value is -2.62. The maximum absolute atomic E-state index is 12.7. The Morgan fingerprint density at radius 2 is 1.96 bits per heavy atom. The molecule has 0 N–H and O–H groups in total. The number of likely N-dealkylation sites (tertiary alicyclic amines) is 1. The molecule has 1 amide bonds. The van der Waals surface area contributed by atoms with Gasteiger partial charge in [-0.25, -0.2) is 0 Å². The van der Waals surface area contributed by atoms with Gasteiger partial charge in [-0.2, -0.15) is 0 Å². The topological polar surface area (TPSA) is 69.5 Å². The number of rotatable bonds is 5. The van der Waals surface area contributed by atoms with Gasteiger partial charge in [0.1, 0.15) is 18.7 Å². The maximum atomic E-state index is 12.7. The van der Waals surface area contributed by atoms with Crippen LogP contribution in [0.25, 0.3) is 0 Å². The van der Waals surface area contributed by atoms with Crippen LogP contribution >= 0.6 is 0 Å². The van der Waals surface area contributed by atoms with E-state index in [0.29, 0.717) is 38.4 Å². The number of benzene rings is 1. The number of amides is 1. The van der Waals surface area contributed by atoms with Crippen molar-refractivity contribution in [1.82, 2.24) is 19.7 Å². The fourth-order valence-electron chi connectivity index (χ4n) is 3.18. The monoisotopic (exact) mass is 384 g/mol. The molecule has 0 atom stereocenters. The fourth-order valence-corrected chi connectivity index (χ4v) is 3.18. The molecule has 7 nitrogen and oxygen atoms in total. The average molecular weight is 384 g/mol. The van der Waals surface area contributed by atoms with Crippen LogP contribution in [0.5, 0.6) is 5.75 Å². The Morgan fingerprint density at radius 3 is 2.63 bits per heavy atom. The van der Waals surface area contributed by atoms with E-state index in [2.05, 4.69) is 14.9 Å². The average Bonchev–Trinajstić information content (AvgIpc) is 3.09. The number of nitrogens with zero attached hydrogens (tertiary/aromatic N) is 4. The third-order valence-electron chi connectivity index (χ3n) is 4.41. The number of ether oxygens (including phenoxy) is 2. The minimum absolute atomic E-state index is 0.0994. The first-order valence-electron chi connectivity index (χ1n) is 8.40. The standard InChI is InChI=1S/C17H19F3N4O3/c1-26-10-15-22-21-11-24(15)12-6-8-23(9-7-12)16(25)13-4-2-3-5-14(13)27-17(18,19)20/h2-5,11-12H,6-10H2,1H3. The summed E-state index contributed by atoms with van der Waals surface area (Å²) in [5.41, 5.74) is -0.0994. The number of carbonyl (C=O) groups excluding carboxylic acids is 1. The summed E-state index contributed by atoms with van der Waals surface area (Å²) in [7, 11) is 1.57. The van der Waals surface area contributed by atoms with Crippen molar-refractivity contribution < 1.29 is 27.4 Å². The second-order valence-corrected chi connectivity index (χ2v) is 6.15. The second-order valence-electron chi connectivity index (χ2n) is 6.15. The van der Waals surface area contributed by atoms with Gasteiger partial charge in [0, 0.05) is 26.2 Å². The van der Waals surface area contributed by atoms with E-state index in [1.54, 1.807) is 13.4 Å². The van der Waals surface area contributed by atoms with E-state index in [-0.39, 0.29) is 11.6 Å². The van der Waals surface area contributed by atoms with Gasteiger partial charge in [-0.1, -0.05) is 12.1 Å². The number of hydrogen-bond acceptors (Lipinski definition) is 5. The summed E-state index contributed by atoms with van der Waals surface area (Å²) < 4.78 is 48.7. The Morgan fingerprint density at radius 1 is 1.26 bits per heavy atom. The van der Waals surface area contributed by atoms with Gasteiger partial charge in [0.25, 0.3) is 5.91 Å². The lowest BCUT2D eigenvalue weighted by Crippen LogP contribution is -2.39. The summed E-state index contributed by atoms with van der Waals surface area (Å²) >= 11 is 0. The first-order valence-corrected chi connectivity index (χ1v) is 8.40. The molecule has 1 fully saturated rings. The molecule has 1 aromatic heterocycles. The summed E-state index contributed by atoms with van der Waals surface area (Å²) in [5, 5.41) is 7.91. The zero-order valence-electron chi connectivity index (χ0n) is 14.6. The van der Waals surface area contributed by atoms with Crippen LogP contribution < -0.4 is 4.74 Å². The lowest BCUT2D eigenvalue weighted by molar-refractivity contribution is -0.274. The van der Waals surface area contributed by atoms with Crippen LogP contribution in [0.4, 0.5) is 13.2 Å². The summed E-state index contributed by atoms with van der Waals surface area (Å²) in [4.78, 5) is 14.2. The molecule has 1 aromatic carbocycles. The van der Waals surface area contributed by atoms with Gasteiger partial charge >= 0.3 is 6.36 Å². The smallest absolute Gasteiger partial charge is 0.405 e. The molecule has 27 heavy (non-hydrogen) atoms. The van der Waals surface area contributed by atoms with Crippen molar-refractivity contribution >= 4 is 5.91 Å². The van der Waals surface area contributed by atoms with Crippen molar-refractivity contribution in [3.63, 3.8) is 0 Å². The molecule has 3 rings (SSSR count). The number of piperidine rings is 1. The van der Waals surface area contributed by atoms with Crippen molar-refractivity contribution in [2.75, 3.05) is 20.2 Å². The molecule has 1 saturated heterocycles. The molecular formula is C17H19F3N4O3. The van der Waals surface area contributed by atoms with Gasteiger partial charge in [0.15, 0.2) is 5.82 Å². The number of alkyl halides is 3. The zero-order valence-corrected chi connectivity index (χ0v) is 14.6. The molecule has 0 spiro atoms. The fraction of sp³-hybridized carbons (Fsp3) is 0.471. The van der Waals surface area contributed by atoms with Crippen LogP contribution in [0.3, 0.4) is 0 Å². The highest BCUT2D eigenvalue weighted by molar-refractivity contribution is 5.97. The van der Waals surface area contributed by atoms with Gasteiger partial charge in [0.2, 0.25) is 0 Å². The number of methoxy groups -OCH3 is 1. The quantitative estimate of drug-likeness (QED) is 0.793. The first kappa shape index (κ1) is 19.2. The van der Waals surface area contributed by atoms with Crippen molar-refractivity contribution in [2.45, 2.75) is 31.9 Å². The molecule has 146 valence electrons. The lowest BCUT2D eigenvalue weighted by atomic mass is 10.0. The molecule has 2 aromatic rings. The highest BCUT2D eigenvalue weighted by Gasteiger charge is 2.34. The van der Waals surface area contributed by atoms with Crippen LogP contribution in [-0.4, -0.2) is 52.1 Å². The van der Waals surface area contributed by atoms with Crippen molar-refractivity contribution in [3.8, 4) is 5.75 Å². The molecular weight excluding hydrogens is 365 g/mol. The van der Waals surface area contributed by atoms with Gasteiger partial charge in [-0.15, -0.1) is 23.4 Å². The molecule has 0 aliphatic carbocycles. The van der Waals surface area contributed by atoms with E-state index in [0.717, 1.165) is 6.07 Å². The summed E-state index contributed by atoms with van der Waals surface area (Å²) in [6.07, 6.45) is -1.94. The highest BCUT2D eigenvalue weighted by atomic mass is 19.4. The van der Waals surface area contributed by atoms with Gasteiger partial charge < -0.3 is 18.9 Å². The largest absolute Gasteiger partial charge is 0.573 e. The number of halogens is 3. The molecule has 2 heterocycles. The van der Waals surface area contributed by atoms with E-state index >= 15 is 0 Å². The predicted octanol–water partition coefficient (Wildman–Crippen LogP) is 2.80. The lowest BCUT2D eigenvalue weighted by Gasteiger charge is -2.33. The molecule has 1 aliphatic rings. The molecule has 0 radical (unpaired) electrons. The van der Waals surface area contributed by atoms with Gasteiger partial charge in [0.05, 0.1) is 5.56 Å². The van der Waals surface area contributed by atoms with E-state index in [4.69, 9.17) is 4.74 Å². The molecule has 0 bridgehead atoms. The van der Waals surface area contributed by atoms with E-state index in [1.807, 2.05) is 4.57 Å². The Bertz CT molecular complexity index is 786. The van der Waals surface area contributed by atoms with E-state index in [9.17, 15) is 18.0 Å². The van der Waals surface area contributed by atoms with Crippen molar-refractivity contribution in [2.24, 2.45) is 0 Å². The Labute approximate surface area is 153 Å². The molecule has 0 unspecified atom stereocenters. The van der Waals surface area contributed by atoms with Crippen molar-refractivity contribution in [1.29, 1.82) is 0 Å². The maximum Gasteiger partial charge on any atom is 0.573 e. The molecule has 1 aliphatic heterocycles. The third kappa shape index (κ3) is 4.57. The predicted molar refractivity (Wildman–Crippen MR) is 88.0 cm³/mol. The summed E-state index contributed by atoms with van der Waals surface area (Å²) in [6, 6.07) is 5.49. The van der Waals surface area contributed by atoms with Crippen LogP contribution in [0.1, 0.15) is 35.1 Å². The number of carbonyl (C=O) groups is 1. The Balaban J connectivity index is 1.68. The highest BCUT2D eigenvalue weighted by Crippen LogP contribution is 2.29. The van der Waals surface area contributed by atoms with Gasteiger partial charge in [-0.05, 0) is 25.0 Å². The van der Waals surface area contributed by atoms with E-state index in [1.165, 1.54) is 23.1 Å². The van der Waals surface area contributed by atoms with Crippen LogP contribution in [0.2, 0.25) is 0 Å². The normalized spacial score (nSPS) is 15.8. The minimum atomic E-state index is -4.85. The number of aromatic nitrogens is 3. The van der Waals surface area contributed by atoms with Gasteiger partial charge in [-0.3, -0.25) is 4.79 Å². The number of para-hydroxylation sites is 1. The third-order valence-corrected chi connectivity index (χ3v) is 4.41. The van der Waals surface area contributed by atoms with Crippen LogP contribution in [0, 0.1) is 0 Å². The Kier molecular flexibility index (Phi) is 5.64. The summed E-state index contributed by atoms with van der Waals surface area (Å²) in [6.45, 7) is 1.16. The molecule has 10 heteroatoms. The molecule has 0 saturated carbocycles. The second kappa shape index (κ2) is 7.95. The van der Waals surface area contributed by atoms with Crippen LogP contribution in [0.15, 0.2) is 30.6 Å². The van der Waals surface area contributed by atoms with Crippen LogP contribution in [-0.2, 0) is 11.3 Å². The minimum Gasteiger partial charge on any atom is -0.405 e. The first-order chi connectivity index (χ1) is 12.9. The van der Waals surface area contributed by atoms with E-state index < -0.39 is 18.0 Å². The number of hydrogen-bond donors (Lipinski definition) is 0. The summed E-state index contributed by atoms with van der Waals surface area (Å²) in [5.74, 6) is -0.265.